The molecule has 1 fully saturated rings. The van der Waals surface area contributed by atoms with E-state index in [9.17, 15) is 14.0 Å². The van der Waals surface area contributed by atoms with Crippen LogP contribution in [0.3, 0.4) is 0 Å². The van der Waals surface area contributed by atoms with Crippen molar-refractivity contribution in [1.29, 1.82) is 0 Å². The van der Waals surface area contributed by atoms with Crippen molar-refractivity contribution in [2.24, 2.45) is 11.7 Å². The number of primary amides is 1. The number of carbonyl (C=O) groups excluding carboxylic acids is 2. The third-order valence-corrected chi connectivity index (χ3v) is 4.58. The number of halogens is 1. The molecule has 7 nitrogen and oxygen atoms in total. The standard InChI is InChI=1S/C18H22FN5O2/c19-14-5-3-12(4-6-14)15-10-16(23-22-15)18(26)21-7-9-24-8-1-2-13(11-24)17(20)25/h3-6,10,13H,1-2,7-9,11H2,(H2,20,25)(H,21,26)(H,22,23)/t13-/m0/s1. The smallest absolute Gasteiger partial charge is 0.269 e. The van der Waals surface area contributed by atoms with E-state index in [-0.39, 0.29) is 23.5 Å². The monoisotopic (exact) mass is 359 g/mol. The predicted molar refractivity (Wildman–Crippen MR) is 94.7 cm³/mol. The number of amides is 2. The van der Waals surface area contributed by atoms with E-state index >= 15 is 0 Å². The molecule has 2 heterocycles. The quantitative estimate of drug-likeness (QED) is 0.719. The van der Waals surface area contributed by atoms with Crippen LogP contribution in [-0.4, -0.2) is 53.1 Å². The molecule has 1 aliphatic rings. The van der Waals surface area contributed by atoms with Gasteiger partial charge in [-0.15, -0.1) is 0 Å². The Balaban J connectivity index is 1.49. The fraction of sp³-hybridized carbons (Fsp3) is 0.389. The lowest BCUT2D eigenvalue weighted by Crippen LogP contribution is -2.44. The van der Waals surface area contributed by atoms with Gasteiger partial charge in [-0.05, 0) is 49.7 Å². The summed E-state index contributed by atoms with van der Waals surface area (Å²) >= 11 is 0. The van der Waals surface area contributed by atoms with Gasteiger partial charge in [-0.2, -0.15) is 5.10 Å². The molecule has 1 aromatic heterocycles. The van der Waals surface area contributed by atoms with Crippen LogP contribution >= 0.6 is 0 Å². The number of aromatic amines is 1. The van der Waals surface area contributed by atoms with E-state index in [2.05, 4.69) is 20.4 Å². The van der Waals surface area contributed by atoms with E-state index < -0.39 is 0 Å². The van der Waals surface area contributed by atoms with Gasteiger partial charge in [0.1, 0.15) is 11.5 Å². The van der Waals surface area contributed by atoms with Crippen LogP contribution in [0.5, 0.6) is 0 Å². The first kappa shape index (κ1) is 18.1. The summed E-state index contributed by atoms with van der Waals surface area (Å²) in [7, 11) is 0. The maximum Gasteiger partial charge on any atom is 0.269 e. The van der Waals surface area contributed by atoms with Gasteiger partial charge in [0.15, 0.2) is 0 Å². The molecule has 3 rings (SSSR count). The molecule has 2 aromatic rings. The molecule has 0 radical (unpaired) electrons. The summed E-state index contributed by atoms with van der Waals surface area (Å²) in [5.41, 5.74) is 7.03. The van der Waals surface area contributed by atoms with Crippen molar-refractivity contribution in [2.75, 3.05) is 26.2 Å². The number of hydrogen-bond donors (Lipinski definition) is 3. The minimum absolute atomic E-state index is 0.106. The highest BCUT2D eigenvalue weighted by Crippen LogP contribution is 2.18. The molecule has 0 saturated carbocycles. The van der Waals surface area contributed by atoms with E-state index in [1.54, 1.807) is 18.2 Å². The summed E-state index contributed by atoms with van der Waals surface area (Å²) in [6.07, 6.45) is 1.77. The van der Waals surface area contributed by atoms with E-state index in [1.165, 1.54) is 12.1 Å². The van der Waals surface area contributed by atoms with Gasteiger partial charge in [-0.25, -0.2) is 4.39 Å². The molecule has 8 heteroatoms. The van der Waals surface area contributed by atoms with Crippen LogP contribution in [0, 0.1) is 11.7 Å². The normalized spacial score (nSPS) is 17.8. The van der Waals surface area contributed by atoms with Gasteiger partial charge < -0.3 is 16.0 Å². The summed E-state index contributed by atoms with van der Waals surface area (Å²) < 4.78 is 13.0. The third kappa shape index (κ3) is 4.45. The molecule has 1 saturated heterocycles. The van der Waals surface area contributed by atoms with Gasteiger partial charge in [0.25, 0.3) is 5.91 Å². The molecule has 26 heavy (non-hydrogen) atoms. The van der Waals surface area contributed by atoms with Crippen LogP contribution in [0.2, 0.25) is 0 Å². The Bertz CT molecular complexity index is 774. The number of carbonyl (C=O) groups is 2. The van der Waals surface area contributed by atoms with Crippen molar-refractivity contribution in [3.63, 3.8) is 0 Å². The van der Waals surface area contributed by atoms with Gasteiger partial charge >= 0.3 is 0 Å². The second-order valence-electron chi connectivity index (χ2n) is 6.47. The van der Waals surface area contributed by atoms with Crippen LogP contribution in [0.1, 0.15) is 23.3 Å². The van der Waals surface area contributed by atoms with Crippen LogP contribution in [-0.2, 0) is 4.79 Å². The first-order valence-electron chi connectivity index (χ1n) is 8.64. The zero-order valence-electron chi connectivity index (χ0n) is 14.4. The molecule has 1 atom stereocenters. The molecule has 1 aliphatic heterocycles. The molecule has 2 amide bonds. The van der Waals surface area contributed by atoms with Gasteiger partial charge in [0.2, 0.25) is 5.91 Å². The molecule has 0 unspecified atom stereocenters. The topological polar surface area (TPSA) is 104 Å². The Hall–Kier alpha value is -2.74. The molecule has 0 bridgehead atoms. The first-order valence-corrected chi connectivity index (χ1v) is 8.64. The lowest BCUT2D eigenvalue weighted by Gasteiger charge is -2.30. The van der Waals surface area contributed by atoms with Crippen LogP contribution in [0.15, 0.2) is 30.3 Å². The van der Waals surface area contributed by atoms with Crippen molar-refractivity contribution in [3.05, 3.63) is 41.8 Å². The second-order valence-corrected chi connectivity index (χ2v) is 6.47. The second kappa shape index (κ2) is 8.09. The number of nitrogens with two attached hydrogens (primary N) is 1. The number of likely N-dealkylation sites (tertiary alicyclic amines) is 1. The van der Waals surface area contributed by atoms with Crippen molar-refractivity contribution in [2.45, 2.75) is 12.8 Å². The minimum atomic E-state index is -0.321. The van der Waals surface area contributed by atoms with Crippen molar-refractivity contribution >= 4 is 11.8 Å². The summed E-state index contributed by atoms with van der Waals surface area (Å²) in [4.78, 5) is 25.7. The number of piperidine rings is 1. The van der Waals surface area contributed by atoms with E-state index in [0.717, 1.165) is 24.9 Å². The lowest BCUT2D eigenvalue weighted by atomic mass is 9.97. The van der Waals surface area contributed by atoms with Crippen molar-refractivity contribution in [1.82, 2.24) is 20.4 Å². The largest absolute Gasteiger partial charge is 0.369 e. The number of hydrogen-bond acceptors (Lipinski definition) is 4. The fourth-order valence-corrected chi connectivity index (χ4v) is 3.12. The summed E-state index contributed by atoms with van der Waals surface area (Å²) in [6, 6.07) is 7.55. The van der Waals surface area contributed by atoms with Crippen molar-refractivity contribution in [3.8, 4) is 11.3 Å². The fourth-order valence-electron chi connectivity index (χ4n) is 3.12. The van der Waals surface area contributed by atoms with Crippen LogP contribution < -0.4 is 11.1 Å². The molecule has 1 aromatic carbocycles. The molecule has 138 valence electrons. The maximum atomic E-state index is 13.0. The van der Waals surface area contributed by atoms with E-state index in [0.29, 0.717) is 31.0 Å². The number of nitrogens with one attached hydrogen (secondary N) is 2. The summed E-state index contributed by atoms with van der Waals surface area (Å²) in [6.45, 7) is 2.67. The van der Waals surface area contributed by atoms with Gasteiger partial charge in [0, 0.05) is 25.2 Å². The molecule has 4 N–H and O–H groups in total. The maximum absolute atomic E-state index is 13.0. The predicted octanol–water partition coefficient (Wildman–Crippen LogP) is 1.14. The average molecular weight is 359 g/mol. The Labute approximate surface area is 150 Å². The summed E-state index contributed by atoms with van der Waals surface area (Å²) in [5.74, 6) is -0.942. The summed E-state index contributed by atoms with van der Waals surface area (Å²) in [5, 5.41) is 9.63. The Morgan fingerprint density at radius 3 is 2.85 bits per heavy atom. The number of H-pyrrole nitrogens is 1. The number of benzene rings is 1. The molecular weight excluding hydrogens is 337 g/mol. The number of nitrogens with zero attached hydrogens (tertiary/aromatic N) is 2. The lowest BCUT2D eigenvalue weighted by molar-refractivity contribution is -0.123. The molecular formula is C18H22FN5O2. The Morgan fingerprint density at radius 1 is 1.35 bits per heavy atom. The number of rotatable bonds is 6. The zero-order chi connectivity index (χ0) is 18.5. The highest BCUT2D eigenvalue weighted by atomic mass is 19.1. The zero-order valence-corrected chi connectivity index (χ0v) is 14.4. The van der Waals surface area contributed by atoms with E-state index in [1.807, 2.05) is 0 Å². The first-order chi connectivity index (χ1) is 12.5. The van der Waals surface area contributed by atoms with Crippen LogP contribution in [0.25, 0.3) is 11.3 Å². The Kier molecular flexibility index (Phi) is 5.62. The Morgan fingerprint density at radius 2 is 2.12 bits per heavy atom. The molecule has 0 aliphatic carbocycles. The highest BCUT2D eigenvalue weighted by molar-refractivity contribution is 5.93. The van der Waals surface area contributed by atoms with Crippen LogP contribution in [0.4, 0.5) is 4.39 Å². The highest BCUT2D eigenvalue weighted by Gasteiger charge is 2.23. The van der Waals surface area contributed by atoms with Crippen molar-refractivity contribution < 1.29 is 14.0 Å². The third-order valence-electron chi connectivity index (χ3n) is 4.58. The van der Waals surface area contributed by atoms with Gasteiger partial charge in [-0.1, -0.05) is 0 Å². The average Bonchev–Trinajstić information content (AvgIpc) is 3.13. The minimum Gasteiger partial charge on any atom is -0.369 e. The van der Waals surface area contributed by atoms with Gasteiger partial charge in [0.05, 0.1) is 11.6 Å². The number of aromatic nitrogens is 2. The van der Waals surface area contributed by atoms with Gasteiger partial charge in [-0.3, -0.25) is 14.7 Å². The molecule has 0 spiro atoms. The van der Waals surface area contributed by atoms with E-state index in [4.69, 9.17) is 5.73 Å². The SMILES string of the molecule is NC(=O)[C@H]1CCCN(CCNC(=O)c2cc(-c3ccc(F)cc3)n[nH]2)C1.